The van der Waals surface area contributed by atoms with Crippen molar-refractivity contribution in [3.63, 3.8) is 0 Å². The van der Waals surface area contributed by atoms with Gasteiger partial charge in [0, 0.05) is 57.0 Å². The lowest BCUT2D eigenvalue weighted by atomic mass is 9.53. The molecule has 4 aliphatic rings. The molecule has 0 spiro atoms. The van der Waals surface area contributed by atoms with Crippen molar-refractivity contribution in [2.24, 2.45) is 22.4 Å². The zero-order chi connectivity index (χ0) is 33.4. The predicted molar refractivity (Wildman–Crippen MR) is 175 cm³/mol. The van der Waals surface area contributed by atoms with Gasteiger partial charge in [0.25, 0.3) is 0 Å². The van der Waals surface area contributed by atoms with Crippen LogP contribution in [0, 0.1) is 5.92 Å². The number of likely N-dealkylation sites (N-methyl/N-ethyl adjacent to an activating group) is 2. The SMILES string of the molecule is CNC(=O)C(CCCN=C(N)N)NC(C)=O.COc1ccc2c(c1O)C13CCN(C)C(C2)C1CC=C(OC(=O)N1CCCCC1)C3. The number of phenolic OH excluding ortho intramolecular Hbond substituents is 1. The average molecular weight is 642 g/mol. The Morgan fingerprint density at radius 2 is 1.91 bits per heavy atom. The van der Waals surface area contributed by atoms with Crippen molar-refractivity contribution in [2.75, 3.05) is 47.4 Å². The fourth-order valence-electron chi connectivity index (χ4n) is 7.60. The fraction of sp³-hybridized carbons (Fsp3) is 0.636. The molecule has 2 heterocycles. The number of fused-ring (bicyclic) bond motifs is 1. The number of amides is 3. The number of hydrogen-bond acceptors (Lipinski definition) is 8. The van der Waals surface area contributed by atoms with E-state index in [9.17, 15) is 19.5 Å². The van der Waals surface area contributed by atoms with E-state index in [0.717, 1.165) is 63.1 Å². The minimum absolute atomic E-state index is 0.0241. The molecular formula is C33H51N7O6. The van der Waals surface area contributed by atoms with Crippen LogP contribution >= 0.6 is 0 Å². The number of aliphatic imine (C=N–C) groups is 1. The summed E-state index contributed by atoms with van der Waals surface area (Å²) in [6.07, 6.45) is 9.72. The maximum Gasteiger partial charge on any atom is 0.414 e. The molecule has 5 rings (SSSR count). The van der Waals surface area contributed by atoms with Gasteiger partial charge in [-0.1, -0.05) is 6.07 Å². The smallest absolute Gasteiger partial charge is 0.414 e. The highest BCUT2D eigenvalue weighted by atomic mass is 16.6. The molecule has 2 aliphatic heterocycles. The lowest BCUT2D eigenvalue weighted by Gasteiger charge is -2.57. The highest BCUT2D eigenvalue weighted by molar-refractivity contribution is 5.86. The Morgan fingerprint density at radius 1 is 1.17 bits per heavy atom. The van der Waals surface area contributed by atoms with E-state index in [-0.39, 0.29) is 35.0 Å². The van der Waals surface area contributed by atoms with Gasteiger partial charge in [0.2, 0.25) is 11.8 Å². The number of ether oxygens (including phenoxy) is 2. The van der Waals surface area contributed by atoms with Gasteiger partial charge in [-0.15, -0.1) is 0 Å². The highest BCUT2D eigenvalue weighted by Crippen LogP contribution is 2.58. The summed E-state index contributed by atoms with van der Waals surface area (Å²) in [7, 11) is 5.33. The molecule has 46 heavy (non-hydrogen) atoms. The molecule has 2 bridgehead atoms. The number of rotatable bonds is 8. The Kier molecular flexibility index (Phi) is 11.8. The Hall–Kier alpha value is -4.00. The third-order valence-corrected chi connectivity index (χ3v) is 9.83. The summed E-state index contributed by atoms with van der Waals surface area (Å²) < 4.78 is 11.4. The van der Waals surface area contributed by atoms with E-state index >= 15 is 0 Å². The molecule has 4 atom stereocenters. The number of hydrogen-bond donors (Lipinski definition) is 5. The van der Waals surface area contributed by atoms with E-state index in [4.69, 9.17) is 20.9 Å². The molecule has 3 amide bonds. The molecule has 1 aromatic rings. The first kappa shape index (κ1) is 34.9. The molecule has 4 unspecified atom stereocenters. The van der Waals surface area contributed by atoms with Gasteiger partial charge in [0.05, 0.1) is 7.11 Å². The van der Waals surface area contributed by atoms with Crippen LogP contribution in [0.3, 0.4) is 0 Å². The van der Waals surface area contributed by atoms with Gasteiger partial charge in [0.1, 0.15) is 11.8 Å². The van der Waals surface area contributed by atoms with Gasteiger partial charge < -0.3 is 46.5 Å². The standard InChI is InChI=1S/C24H32N2O4.C9H19N5O2/c1-25-13-10-24-15-17(30-23(28)26-11-4-3-5-12-26)7-8-18(24)19(25)14-16-6-9-20(29-2)22(27)21(16)24;1-6(15)14-7(8(16)12-2)4-3-5-13-9(10)11/h6-7,9,18-19,27H,3-5,8,10-15H2,1-2H3;7H,3-5H2,1-2H3,(H,12,16)(H,14,15)(H4,10,11,13). The molecule has 0 radical (unpaired) electrons. The normalized spacial score (nSPS) is 24.0. The van der Waals surface area contributed by atoms with Gasteiger partial charge in [-0.2, -0.15) is 0 Å². The second-order valence-electron chi connectivity index (χ2n) is 12.7. The van der Waals surface area contributed by atoms with Crippen molar-refractivity contribution in [1.82, 2.24) is 20.4 Å². The lowest BCUT2D eigenvalue weighted by molar-refractivity contribution is -0.127. The number of carbonyl (C=O) groups is 3. The molecule has 254 valence electrons. The number of phenols is 1. The van der Waals surface area contributed by atoms with Crippen LogP contribution in [0.5, 0.6) is 11.5 Å². The largest absolute Gasteiger partial charge is 0.504 e. The van der Waals surface area contributed by atoms with Crippen molar-refractivity contribution in [1.29, 1.82) is 0 Å². The quantitative estimate of drug-likeness (QED) is 0.161. The first-order chi connectivity index (χ1) is 22.0. The summed E-state index contributed by atoms with van der Waals surface area (Å²) >= 11 is 0. The van der Waals surface area contributed by atoms with Gasteiger partial charge in [0.15, 0.2) is 17.5 Å². The number of nitrogens with two attached hydrogens (primary N) is 2. The molecule has 2 aliphatic carbocycles. The molecule has 13 nitrogen and oxygen atoms in total. The number of guanidine groups is 1. The molecular weight excluding hydrogens is 590 g/mol. The maximum atomic E-state index is 12.7. The zero-order valence-electron chi connectivity index (χ0n) is 27.6. The number of piperidine rings is 2. The number of methoxy groups -OCH3 is 1. The van der Waals surface area contributed by atoms with Gasteiger partial charge >= 0.3 is 6.09 Å². The van der Waals surface area contributed by atoms with Gasteiger partial charge in [-0.3, -0.25) is 14.6 Å². The number of carbonyl (C=O) groups excluding carboxylic acids is 3. The number of allylic oxidation sites excluding steroid dienone is 2. The van der Waals surface area contributed by atoms with Gasteiger partial charge in [-0.25, -0.2) is 4.79 Å². The monoisotopic (exact) mass is 641 g/mol. The van der Waals surface area contributed by atoms with Crippen molar-refractivity contribution in [2.45, 2.75) is 82.2 Å². The highest BCUT2D eigenvalue weighted by Gasteiger charge is 2.55. The van der Waals surface area contributed by atoms with Crippen LogP contribution in [-0.2, 0) is 26.2 Å². The van der Waals surface area contributed by atoms with Crippen LogP contribution in [-0.4, -0.2) is 98.2 Å². The summed E-state index contributed by atoms with van der Waals surface area (Å²) in [5.41, 5.74) is 12.3. The summed E-state index contributed by atoms with van der Waals surface area (Å²) in [6.45, 7) is 4.35. The topological polar surface area (TPSA) is 185 Å². The number of nitrogens with zero attached hydrogens (tertiary/aromatic N) is 3. The van der Waals surface area contributed by atoms with Crippen LogP contribution < -0.4 is 26.8 Å². The third kappa shape index (κ3) is 7.86. The second kappa shape index (κ2) is 15.5. The average Bonchev–Trinajstić information content (AvgIpc) is 3.04. The van der Waals surface area contributed by atoms with E-state index in [1.54, 1.807) is 7.11 Å². The molecule has 0 aromatic heterocycles. The number of likely N-dealkylation sites (tertiary alicyclic amines) is 2. The van der Waals surface area contributed by atoms with Crippen LogP contribution in [0.2, 0.25) is 0 Å². The Balaban J connectivity index is 0.000000257. The van der Waals surface area contributed by atoms with E-state index < -0.39 is 6.04 Å². The Bertz CT molecular complexity index is 1320. The second-order valence-corrected chi connectivity index (χ2v) is 12.7. The Labute approximate surface area is 271 Å². The van der Waals surface area contributed by atoms with Crippen LogP contribution in [0.25, 0.3) is 0 Å². The van der Waals surface area contributed by atoms with Crippen molar-refractivity contribution < 1.29 is 29.0 Å². The molecule has 13 heteroatoms. The molecule has 7 N–H and O–H groups in total. The molecule has 2 saturated heterocycles. The van der Waals surface area contributed by atoms with Crippen LogP contribution in [0.1, 0.15) is 69.4 Å². The predicted octanol–water partition coefficient (Wildman–Crippen LogP) is 2.11. The van der Waals surface area contributed by atoms with Crippen molar-refractivity contribution in [3.8, 4) is 11.5 Å². The van der Waals surface area contributed by atoms with Crippen molar-refractivity contribution in [3.05, 3.63) is 35.1 Å². The minimum atomic E-state index is -0.531. The maximum absolute atomic E-state index is 12.7. The van der Waals surface area contributed by atoms with Crippen molar-refractivity contribution >= 4 is 23.9 Å². The number of nitrogens with one attached hydrogen (secondary N) is 2. The van der Waals surface area contributed by atoms with Gasteiger partial charge in [-0.05, 0) is 88.6 Å². The van der Waals surface area contributed by atoms with E-state index in [1.165, 1.54) is 26.0 Å². The number of benzene rings is 1. The van der Waals surface area contributed by atoms with E-state index in [1.807, 2.05) is 11.0 Å². The fourth-order valence-corrected chi connectivity index (χ4v) is 7.60. The summed E-state index contributed by atoms with van der Waals surface area (Å²) in [6, 6.07) is 3.89. The molecule has 0 saturated carbocycles. The zero-order valence-corrected chi connectivity index (χ0v) is 27.6. The third-order valence-electron chi connectivity index (χ3n) is 9.83. The first-order valence-corrected chi connectivity index (χ1v) is 16.3. The van der Waals surface area contributed by atoms with Crippen LogP contribution in [0.4, 0.5) is 4.79 Å². The van der Waals surface area contributed by atoms with E-state index in [0.29, 0.717) is 43.5 Å². The van der Waals surface area contributed by atoms with Crippen LogP contribution in [0.15, 0.2) is 29.0 Å². The molecule has 2 fully saturated rings. The Morgan fingerprint density at radius 3 is 2.57 bits per heavy atom. The summed E-state index contributed by atoms with van der Waals surface area (Å²) in [5, 5.41) is 16.2. The minimum Gasteiger partial charge on any atom is -0.504 e. The summed E-state index contributed by atoms with van der Waals surface area (Å²) in [5.74, 6) is 1.53. The number of aromatic hydroxyl groups is 1. The molecule has 1 aromatic carbocycles. The summed E-state index contributed by atoms with van der Waals surface area (Å²) in [4.78, 5) is 43.1. The lowest BCUT2D eigenvalue weighted by Crippen LogP contribution is -2.59. The first-order valence-electron chi connectivity index (χ1n) is 16.3. The van der Waals surface area contributed by atoms with E-state index in [2.05, 4.69) is 39.7 Å².